The molecule has 0 saturated carbocycles. The second-order valence-electron chi connectivity index (χ2n) is 2.06. The maximum Gasteiger partial charge on any atom is 0.183 e. The number of hydrazone groups is 1. The highest BCUT2D eigenvalue weighted by atomic mass is 33.1. The molecule has 1 aromatic heterocycles. The summed E-state index contributed by atoms with van der Waals surface area (Å²) in [4.78, 5) is 0. The van der Waals surface area contributed by atoms with Gasteiger partial charge in [-0.05, 0) is 45.6 Å². The minimum absolute atomic E-state index is 0.691. The predicted octanol–water partition coefficient (Wildman–Crippen LogP) is 3.02. The molecule has 2 heterocycles. The fourth-order valence-electron chi connectivity index (χ4n) is 0.618. The quantitative estimate of drug-likeness (QED) is 0.641. The van der Waals surface area contributed by atoms with Crippen LogP contribution in [-0.4, -0.2) is 14.6 Å². The molecule has 0 saturated heterocycles. The van der Waals surface area contributed by atoms with Crippen LogP contribution < -0.4 is 5.43 Å². The Morgan fingerprint density at radius 2 is 2.29 bits per heavy atom. The van der Waals surface area contributed by atoms with Crippen molar-refractivity contribution in [2.75, 3.05) is 0 Å². The van der Waals surface area contributed by atoms with E-state index in [-0.39, 0.29) is 0 Å². The zero-order valence-corrected chi connectivity index (χ0v) is 10.7. The smallest absolute Gasteiger partial charge is 0.183 e. The first-order valence-corrected chi connectivity index (χ1v) is 7.53. The first-order chi connectivity index (χ1) is 6.74. The number of hydrogen-bond acceptors (Lipinski definition) is 8. The Bertz CT molecular complexity index is 431. The van der Waals surface area contributed by atoms with Crippen LogP contribution in [0.2, 0.25) is 0 Å². The lowest BCUT2D eigenvalue weighted by Gasteiger charge is -1.92. The van der Waals surface area contributed by atoms with E-state index in [9.17, 15) is 0 Å². The molecule has 2 rings (SSSR count). The minimum Gasteiger partial charge on any atom is -0.271 e. The Kier molecular flexibility index (Phi) is 3.55. The van der Waals surface area contributed by atoms with Crippen molar-refractivity contribution in [2.24, 2.45) is 5.10 Å². The topological polar surface area (TPSA) is 53.1 Å². The van der Waals surface area contributed by atoms with Crippen molar-refractivity contribution in [1.82, 2.24) is 15.6 Å². The van der Waals surface area contributed by atoms with Crippen LogP contribution in [0.3, 0.4) is 0 Å². The highest BCUT2D eigenvalue weighted by Gasteiger charge is 2.12. The van der Waals surface area contributed by atoms with Crippen LogP contribution >= 0.6 is 56.9 Å². The molecule has 9 heteroatoms. The van der Waals surface area contributed by atoms with Gasteiger partial charge >= 0.3 is 0 Å². The Hall–Kier alpha value is 0.0400. The fourth-order valence-corrected chi connectivity index (χ4v) is 4.80. The minimum atomic E-state index is 0.691. The van der Waals surface area contributed by atoms with Gasteiger partial charge in [-0.2, -0.15) is 10.2 Å². The summed E-state index contributed by atoms with van der Waals surface area (Å²) in [7, 11) is 3.08. The van der Waals surface area contributed by atoms with Crippen molar-refractivity contribution >= 4 is 61.3 Å². The van der Waals surface area contributed by atoms with E-state index < -0.39 is 0 Å². The first-order valence-electron chi connectivity index (χ1n) is 3.34. The molecule has 0 amide bonds. The second kappa shape index (κ2) is 4.71. The van der Waals surface area contributed by atoms with Gasteiger partial charge in [0, 0.05) is 0 Å². The van der Waals surface area contributed by atoms with E-state index >= 15 is 0 Å². The molecular formula is C5H4N4S5. The normalized spacial score (nSPS) is 15.4. The van der Waals surface area contributed by atoms with E-state index in [1.807, 2.05) is 0 Å². The van der Waals surface area contributed by atoms with E-state index in [0.717, 1.165) is 13.7 Å². The van der Waals surface area contributed by atoms with Gasteiger partial charge in [0.2, 0.25) is 0 Å². The molecule has 0 fully saturated rings. The highest BCUT2D eigenvalue weighted by molar-refractivity contribution is 8.86. The molecule has 0 atom stereocenters. The number of aromatic amines is 1. The number of hydrogen-bond donors (Lipinski definition) is 2. The molecule has 14 heavy (non-hydrogen) atoms. The van der Waals surface area contributed by atoms with E-state index in [0.29, 0.717) is 3.95 Å². The monoisotopic (exact) mass is 280 g/mol. The molecule has 0 radical (unpaired) electrons. The third kappa shape index (κ3) is 2.76. The number of aromatic nitrogens is 2. The molecule has 2 N–H and O–H groups in total. The van der Waals surface area contributed by atoms with E-state index in [1.54, 1.807) is 10.8 Å². The summed E-state index contributed by atoms with van der Waals surface area (Å²) in [5.74, 6) is 0. The fraction of sp³-hybridized carbons (Fsp3) is 0. The van der Waals surface area contributed by atoms with Crippen molar-refractivity contribution in [2.45, 2.75) is 4.34 Å². The molecule has 1 aliphatic heterocycles. The lowest BCUT2D eigenvalue weighted by Crippen LogP contribution is -1.90. The molecule has 0 aliphatic carbocycles. The van der Waals surface area contributed by atoms with Crippen molar-refractivity contribution < 1.29 is 0 Å². The van der Waals surface area contributed by atoms with E-state index in [1.165, 1.54) is 33.9 Å². The second-order valence-corrected chi connectivity index (χ2v) is 7.43. The average molecular weight is 280 g/mol. The van der Waals surface area contributed by atoms with Crippen LogP contribution in [-0.2, 0) is 0 Å². The summed E-state index contributed by atoms with van der Waals surface area (Å²) in [5, 5.41) is 11.6. The van der Waals surface area contributed by atoms with Crippen molar-refractivity contribution in [3.63, 3.8) is 0 Å². The zero-order chi connectivity index (χ0) is 9.97. The Balaban J connectivity index is 1.89. The van der Waals surface area contributed by atoms with Crippen LogP contribution in [0.1, 0.15) is 0 Å². The number of rotatable bonds is 2. The van der Waals surface area contributed by atoms with Crippen LogP contribution in [0.25, 0.3) is 0 Å². The molecular weight excluding hydrogens is 276 g/mol. The molecule has 4 nitrogen and oxygen atoms in total. The van der Waals surface area contributed by atoms with Gasteiger partial charge in [0.05, 0.1) is 5.03 Å². The Morgan fingerprint density at radius 3 is 2.86 bits per heavy atom. The third-order valence-corrected chi connectivity index (χ3v) is 5.95. The van der Waals surface area contributed by atoms with Crippen molar-refractivity contribution in [1.29, 1.82) is 0 Å². The van der Waals surface area contributed by atoms with Crippen molar-refractivity contribution in [3.8, 4) is 0 Å². The van der Waals surface area contributed by atoms with Crippen LogP contribution in [0.5, 0.6) is 0 Å². The highest BCUT2D eigenvalue weighted by Crippen LogP contribution is 2.39. The standard InChI is InChI=1S/C5H4N4S5/c1-2-6-8-4(11-2)13-14-5-9-7-3(10)12-5/h6H,1H2,(H,7,10). The van der Waals surface area contributed by atoms with E-state index in [4.69, 9.17) is 12.2 Å². The van der Waals surface area contributed by atoms with Gasteiger partial charge in [-0.3, -0.25) is 10.5 Å². The van der Waals surface area contributed by atoms with Gasteiger partial charge in [0.25, 0.3) is 0 Å². The lowest BCUT2D eigenvalue weighted by atomic mass is 11.1. The van der Waals surface area contributed by atoms with Crippen molar-refractivity contribution in [3.05, 3.63) is 15.6 Å². The molecule has 0 aromatic carbocycles. The molecule has 0 unspecified atom stereocenters. The molecule has 0 spiro atoms. The number of H-pyrrole nitrogens is 1. The van der Waals surface area contributed by atoms with Gasteiger partial charge in [0.1, 0.15) is 0 Å². The lowest BCUT2D eigenvalue weighted by molar-refractivity contribution is 0.976. The number of nitrogens with zero attached hydrogens (tertiary/aromatic N) is 2. The Morgan fingerprint density at radius 1 is 1.43 bits per heavy atom. The van der Waals surface area contributed by atoms with Gasteiger partial charge in [0.15, 0.2) is 12.7 Å². The largest absolute Gasteiger partial charge is 0.271 e. The summed E-state index contributed by atoms with van der Waals surface area (Å²) in [6.45, 7) is 3.74. The third-order valence-electron chi connectivity index (χ3n) is 1.09. The maximum atomic E-state index is 4.92. The summed E-state index contributed by atoms with van der Waals surface area (Å²) in [6, 6.07) is 0. The summed E-state index contributed by atoms with van der Waals surface area (Å²) in [5.41, 5.74) is 2.79. The van der Waals surface area contributed by atoms with Crippen LogP contribution in [0.4, 0.5) is 0 Å². The van der Waals surface area contributed by atoms with E-state index in [2.05, 4.69) is 27.3 Å². The van der Waals surface area contributed by atoms with Crippen LogP contribution in [0.15, 0.2) is 21.0 Å². The maximum absolute atomic E-state index is 4.92. The summed E-state index contributed by atoms with van der Waals surface area (Å²) >= 11 is 7.89. The first kappa shape index (κ1) is 10.6. The molecule has 1 aliphatic rings. The molecule has 0 bridgehead atoms. The molecule has 1 aromatic rings. The zero-order valence-electron chi connectivity index (χ0n) is 6.64. The summed E-state index contributed by atoms with van der Waals surface area (Å²) in [6.07, 6.45) is 0. The number of nitrogens with one attached hydrogen (secondary N) is 2. The van der Waals surface area contributed by atoms with Gasteiger partial charge in [-0.15, -0.1) is 0 Å². The SMILES string of the molecule is C=C1NN=C(SSc2n[nH]c(=S)s2)S1. The summed E-state index contributed by atoms with van der Waals surface area (Å²) < 4.78 is 2.53. The van der Waals surface area contributed by atoms with Gasteiger partial charge < -0.3 is 0 Å². The Labute approximate surface area is 101 Å². The van der Waals surface area contributed by atoms with Gasteiger partial charge in [-0.25, -0.2) is 0 Å². The number of thioether (sulfide) groups is 1. The van der Waals surface area contributed by atoms with Gasteiger partial charge in [-0.1, -0.05) is 17.9 Å². The van der Waals surface area contributed by atoms with Crippen LogP contribution in [0, 0.1) is 3.95 Å². The predicted molar refractivity (Wildman–Crippen MR) is 68.0 cm³/mol. The average Bonchev–Trinajstić information content (AvgIpc) is 2.72. The molecule has 74 valence electrons.